The maximum absolute atomic E-state index is 12.9. The molecule has 0 aliphatic carbocycles. The number of nitrogens with one attached hydrogen (secondary N) is 1. The summed E-state index contributed by atoms with van der Waals surface area (Å²) >= 11 is 5.91. The largest absolute Gasteiger partial charge is 0.322 e. The summed E-state index contributed by atoms with van der Waals surface area (Å²) in [7, 11) is 0. The quantitative estimate of drug-likeness (QED) is 0.546. The van der Waals surface area contributed by atoms with Crippen LogP contribution in [0.3, 0.4) is 0 Å². The molecule has 0 aliphatic rings. The first kappa shape index (κ1) is 16.2. The third kappa shape index (κ3) is 3.27. The lowest BCUT2D eigenvalue weighted by Crippen LogP contribution is -2.13. The van der Waals surface area contributed by atoms with E-state index in [-0.39, 0.29) is 5.91 Å². The SMILES string of the molecule is O=C(Nc1ccc(Cl)cc1)c1cc(-c2cccnc2)nc2ccccc12. The zero-order chi connectivity index (χ0) is 17.9. The Morgan fingerprint density at radius 1 is 0.962 bits per heavy atom. The van der Waals surface area contributed by atoms with Crippen LogP contribution in [-0.2, 0) is 0 Å². The van der Waals surface area contributed by atoms with Gasteiger partial charge in [0.15, 0.2) is 0 Å². The van der Waals surface area contributed by atoms with Gasteiger partial charge in [0, 0.05) is 34.1 Å². The Morgan fingerprint density at radius 2 is 1.77 bits per heavy atom. The van der Waals surface area contributed by atoms with Gasteiger partial charge in [-0.1, -0.05) is 29.8 Å². The number of aromatic nitrogens is 2. The summed E-state index contributed by atoms with van der Waals surface area (Å²) in [6.07, 6.45) is 3.44. The van der Waals surface area contributed by atoms with Crippen LogP contribution in [0.4, 0.5) is 5.69 Å². The van der Waals surface area contributed by atoms with E-state index in [1.807, 2.05) is 36.4 Å². The van der Waals surface area contributed by atoms with Crippen molar-refractivity contribution in [3.05, 3.63) is 89.7 Å². The number of nitrogens with zero attached hydrogens (tertiary/aromatic N) is 2. The first-order valence-electron chi connectivity index (χ1n) is 8.08. The zero-order valence-corrected chi connectivity index (χ0v) is 14.4. The van der Waals surface area contributed by atoms with E-state index in [0.29, 0.717) is 22.0 Å². The predicted octanol–water partition coefficient (Wildman–Crippen LogP) is 5.20. The molecule has 26 heavy (non-hydrogen) atoms. The molecule has 0 fully saturated rings. The lowest BCUT2D eigenvalue weighted by atomic mass is 10.0. The van der Waals surface area contributed by atoms with Gasteiger partial charge in [-0.3, -0.25) is 9.78 Å². The average Bonchev–Trinajstić information content (AvgIpc) is 2.69. The first-order valence-corrected chi connectivity index (χ1v) is 8.45. The number of amides is 1. The topological polar surface area (TPSA) is 54.9 Å². The van der Waals surface area contributed by atoms with Crippen LogP contribution in [0.5, 0.6) is 0 Å². The Labute approximate surface area is 155 Å². The maximum Gasteiger partial charge on any atom is 0.256 e. The molecule has 4 aromatic rings. The van der Waals surface area contributed by atoms with E-state index in [2.05, 4.69) is 15.3 Å². The molecule has 0 spiro atoms. The third-order valence-corrected chi connectivity index (χ3v) is 4.27. The molecular formula is C21H14ClN3O. The Balaban J connectivity index is 1.79. The van der Waals surface area contributed by atoms with Gasteiger partial charge in [-0.05, 0) is 48.5 Å². The molecule has 1 amide bonds. The second-order valence-corrected chi connectivity index (χ2v) is 6.21. The van der Waals surface area contributed by atoms with Crippen molar-refractivity contribution in [2.75, 3.05) is 5.32 Å². The molecule has 0 saturated heterocycles. The number of anilines is 1. The summed E-state index contributed by atoms with van der Waals surface area (Å²) in [6.45, 7) is 0. The first-order chi connectivity index (χ1) is 12.7. The number of rotatable bonds is 3. The van der Waals surface area contributed by atoms with Crippen molar-refractivity contribution < 1.29 is 4.79 Å². The molecule has 2 aromatic heterocycles. The highest BCUT2D eigenvalue weighted by molar-refractivity contribution is 6.30. The van der Waals surface area contributed by atoms with E-state index in [1.54, 1.807) is 42.7 Å². The number of para-hydroxylation sites is 1. The second kappa shape index (κ2) is 6.94. The summed E-state index contributed by atoms with van der Waals surface area (Å²) in [5, 5.41) is 4.33. The van der Waals surface area contributed by atoms with E-state index in [1.165, 1.54) is 0 Å². The Bertz CT molecular complexity index is 1080. The van der Waals surface area contributed by atoms with Gasteiger partial charge in [-0.2, -0.15) is 0 Å². The van der Waals surface area contributed by atoms with E-state index < -0.39 is 0 Å². The molecule has 0 radical (unpaired) electrons. The second-order valence-electron chi connectivity index (χ2n) is 5.77. The predicted molar refractivity (Wildman–Crippen MR) is 104 cm³/mol. The number of hydrogen-bond acceptors (Lipinski definition) is 3. The molecule has 2 aromatic carbocycles. The lowest BCUT2D eigenvalue weighted by Gasteiger charge is -2.10. The van der Waals surface area contributed by atoms with E-state index in [4.69, 9.17) is 11.6 Å². The number of pyridine rings is 2. The average molecular weight is 360 g/mol. The van der Waals surface area contributed by atoms with Gasteiger partial charge in [-0.25, -0.2) is 4.98 Å². The van der Waals surface area contributed by atoms with Crippen LogP contribution in [0.25, 0.3) is 22.2 Å². The Kier molecular flexibility index (Phi) is 4.33. The Hall–Kier alpha value is -3.24. The minimum Gasteiger partial charge on any atom is -0.322 e. The number of carbonyl (C=O) groups excluding carboxylic acids is 1. The van der Waals surface area contributed by atoms with Crippen molar-refractivity contribution in [1.82, 2.24) is 9.97 Å². The monoisotopic (exact) mass is 359 g/mol. The standard InChI is InChI=1S/C21H14ClN3O/c22-15-7-9-16(10-8-15)24-21(26)18-12-20(14-4-3-11-23-13-14)25-19-6-2-1-5-17(18)19/h1-13H,(H,24,26). The van der Waals surface area contributed by atoms with Crippen molar-refractivity contribution in [1.29, 1.82) is 0 Å². The third-order valence-electron chi connectivity index (χ3n) is 4.02. The van der Waals surface area contributed by atoms with Crippen LogP contribution in [0.2, 0.25) is 5.02 Å². The van der Waals surface area contributed by atoms with Crippen molar-refractivity contribution in [2.24, 2.45) is 0 Å². The van der Waals surface area contributed by atoms with Gasteiger partial charge in [0.1, 0.15) is 0 Å². The van der Waals surface area contributed by atoms with Gasteiger partial charge in [0.25, 0.3) is 5.91 Å². The van der Waals surface area contributed by atoms with Crippen LogP contribution in [0, 0.1) is 0 Å². The van der Waals surface area contributed by atoms with E-state index in [0.717, 1.165) is 16.5 Å². The highest BCUT2D eigenvalue weighted by Gasteiger charge is 2.14. The van der Waals surface area contributed by atoms with Crippen LogP contribution < -0.4 is 5.32 Å². The molecule has 5 heteroatoms. The van der Waals surface area contributed by atoms with Gasteiger partial charge < -0.3 is 5.32 Å². The Morgan fingerprint density at radius 3 is 2.54 bits per heavy atom. The smallest absolute Gasteiger partial charge is 0.256 e. The molecule has 0 unspecified atom stereocenters. The molecule has 4 rings (SSSR count). The lowest BCUT2D eigenvalue weighted by molar-refractivity contribution is 0.102. The fourth-order valence-corrected chi connectivity index (χ4v) is 2.88. The van der Waals surface area contributed by atoms with Crippen LogP contribution in [0.15, 0.2) is 79.1 Å². The summed E-state index contributed by atoms with van der Waals surface area (Å²) in [5.74, 6) is -0.198. The highest BCUT2D eigenvalue weighted by Crippen LogP contribution is 2.25. The fraction of sp³-hybridized carbons (Fsp3) is 0. The number of carbonyl (C=O) groups is 1. The van der Waals surface area contributed by atoms with Gasteiger partial charge >= 0.3 is 0 Å². The van der Waals surface area contributed by atoms with Crippen LogP contribution in [-0.4, -0.2) is 15.9 Å². The molecule has 0 bridgehead atoms. The molecule has 0 atom stereocenters. The number of benzene rings is 2. The number of halogens is 1. The summed E-state index contributed by atoms with van der Waals surface area (Å²) in [5.41, 5.74) is 3.57. The fourth-order valence-electron chi connectivity index (χ4n) is 2.76. The van der Waals surface area contributed by atoms with Gasteiger partial charge in [-0.15, -0.1) is 0 Å². The minimum atomic E-state index is -0.198. The van der Waals surface area contributed by atoms with Crippen molar-refractivity contribution in [2.45, 2.75) is 0 Å². The molecule has 0 aliphatic heterocycles. The normalized spacial score (nSPS) is 10.7. The molecule has 2 heterocycles. The summed E-state index contributed by atoms with van der Waals surface area (Å²) in [6, 6.07) is 20.2. The summed E-state index contributed by atoms with van der Waals surface area (Å²) < 4.78 is 0. The molecule has 0 saturated carbocycles. The highest BCUT2D eigenvalue weighted by atomic mass is 35.5. The zero-order valence-electron chi connectivity index (χ0n) is 13.7. The molecular weight excluding hydrogens is 346 g/mol. The number of fused-ring (bicyclic) bond motifs is 1. The van der Waals surface area contributed by atoms with Gasteiger partial charge in [0.2, 0.25) is 0 Å². The van der Waals surface area contributed by atoms with E-state index >= 15 is 0 Å². The van der Waals surface area contributed by atoms with E-state index in [9.17, 15) is 4.79 Å². The molecule has 1 N–H and O–H groups in total. The van der Waals surface area contributed by atoms with Crippen LogP contribution >= 0.6 is 11.6 Å². The van der Waals surface area contributed by atoms with Gasteiger partial charge in [0.05, 0.1) is 16.8 Å². The van der Waals surface area contributed by atoms with Crippen molar-refractivity contribution in [3.8, 4) is 11.3 Å². The van der Waals surface area contributed by atoms with Crippen molar-refractivity contribution in [3.63, 3.8) is 0 Å². The molecule has 4 nitrogen and oxygen atoms in total. The molecule has 126 valence electrons. The number of hydrogen-bond donors (Lipinski definition) is 1. The van der Waals surface area contributed by atoms with Crippen molar-refractivity contribution >= 4 is 34.1 Å². The minimum absolute atomic E-state index is 0.198. The maximum atomic E-state index is 12.9. The van der Waals surface area contributed by atoms with Crippen LogP contribution in [0.1, 0.15) is 10.4 Å². The summed E-state index contributed by atoms with van der Waals surface area (Å²) in [4.78, 5) is 21.7.